The summed E-state index contributed by atoms with van der Waals surface area (Å²) in [5.74, 6) is -2.11. The van der Waals surface area contributed by atoms with E-state index in [0.717, 1.165) is 5.56 Å². The lowest BCUT2D eigenvalue weighted by Crippen LogP contribution is -2.00. The molecule has 0 aliphatic heterocycles. The molecule has 2 N–H and O–H groups in total. The lowest BCUT2D eigenvalue weighted by atomic mass is 10.2. The molecule has 88 valence electrons. The smallest absolute Gasteiger partial charge is 0.258 e. The molecule has 0 saturated carbocycles. The summed E-state index contributed by atoms with van der Waals surface area (Å²) in [6, 6.07) is 7.63. The first-order chi connectivity index (χ1) is 8.06. The number of nitrogen functional groups attached to an aromatic ring is 1. The monoisotopic (exact) mass is 236 g/mol. The zero-order valence-electron chi connectivity index (χ0n) is 9.08. The molecule has 0 fully saturated rings. The van der Waals surface area contributed by atoms with Gasteiger partial charge in [0.2, 0.25) is 0 Å². The molecular weight excluding hydrogens is 226 g/mol. The van der Waals surface area contributed by atoms with Crippen LogP contribution >= 0.6 is 0 Å². The number of ether oxygens (including phenoxy) is 1. The summed E-state index contributed by atoms with van der Waals surface area (Å²) < 4.78 is 31.4. The van der Waals surface area contributed by atoms with E-state index < -0.39 is 17.5 Å². The summed E-state index contributed by atoms with van der Waals surface area (Å²) in [6.07, 6.45) is 0. The number of rotatable bonds is 2. The van der Waals surface area contributed by atoms with Crippen molar-refractivity contribution in [3.63, 3.8) is 0 Å². The number of benzene rings is 1. The fourth-order valence-electron chi connectivity index (χ4n) is 1.33. The van der Waals surface area contributed by atoms with Gasteiger partial charge in [0, 0.05) is 6.07 Å². The van der Waals surface area contributed by atoms with Crippen LogP contribution in [0.5, 0.6) is 11.6 Å². The number of hydrogen-bond donors (Lipinski definition) is 1. The molecular formula is C12H10F2N2O. The standard InChI is InChI=1S/C12H10F2N2O/c1-7-3-2-4-8(5-7)17-12-10(14)6-9(13)11(15)16-12/h2-6H,1H3,(H2,15,16). The van der Waals surface area contributed by atoms with E-state index in [1.807, 2.05) is 13.0 Å². The van der Waals surface area contributed by atoms with Gasteiger partial charge in [-0.25, -0.2) is 8.78 Å². The summed E-state index contributed by atoms with van der Waals surface area (Å²) in [6.45, 7) is 1.87. The molecule has 0 aliphatic rings. The van der Waals surface area contributed by atoms with Crippen molar-refractivity contribution in [3.8, 4) is 11.6 Å². The second-order valence-corrected chi connectivity index (χ2v) is 3.56. The Morgan fingerprint density at radius 2 is 1.94 bits per heavy atom. The van der Waals surface area contributed by atoms with E-state index >= 15 is 0 Å². The number of anilines is 1. The molecule has 0 radical (unpaired) electrons. The van der Waals surface area contributed by atoms with Crippen molar-refractivity contribution >= 4 is 5.82 Å². The minimum Gasteiger partial charge on any atom is -0.436 e. The Kier molecular flexibility index (Phi) is 2.91. The first-order valence-electron chi connectivity index (χ1n) is 4.92. The van der Waals surface area contributed by atoms with Crippen LogP contribution in [0.2, 0.25) is 0 Å². The summed E-state index contributed by atoms with van der Waals surface area (Å²) in [5, 5.41) is 0. The minimum absolute atomic E-state index is 0.338. The molecule has 3 nitrogen and oxygen atoms in total. The molecule has 0 atom stereocenters. The Morgan fingerprint density at radius 3 is 2.65 bits per heavy atom. The molecule has 2 rings (SSSR count). The second-order valence-electron chi connectivity index (χ2n) is 3.56. The molecule has 0 bridgehead atoms. The molecule has 0 spiro atoms. The maximum Gasteiger partial charge on any atom is 0.258 e. The van der Waals surface area contributed by atoms with Crippen LogP contribution in [0.1, 0.15) is 5.56 Å². The van der Waals surface area contributed by atoms with E-state index in [2.05, 4.69) is 4.98 Å². The quantitative estimate of drug-likeness (QED) is 0.871. The van der Waals surface area contributed by atoms with E-state index in [1.165, 1.54) is 0 Å². The van der Waals surface area contributed by atoms with Gasteiger partial charge in [0.1, 0.15) is 5.75 Å². The number of hydrogen-bond acceptors (Lipinski definition) is 3. The third kappa shape index (κ3) is 2.50. The van der Waals surface area contributed by atoms with Crippen LogP contribution in [0.25, 0.3) is 0 Å². The molecule has 1 heterocycles. The highest BCUT2D eigenvalue weighted by Crippen LogP contribution is 2.25. The highest BCUT2D eigenvalue weighted by molar-refractivity contribution is 5.37. The summed E-state index contributed by atoms with van der Waals surface area (Å²) in [5.41, 5.74) is 6.20. The maximum atomic E-state index is 13.3. The predicted octanol–water partition coefficient (Wildman–Crippen LogP) is 3.04. The summed E-state index contributed by atoms with van der Waals surface area (Å²) in [4.78, 5) is 3.50. The molecule has 1 aromatic carbocycles. The van der Waals surface area contributed by atoms with Gasteiger partial charge in [-0.05, 0) is 24.6 Å². The van der Waals surface area contributed by atoms with Crippen LogP contribution < -0.4 is 10.5 Å². The third-order valence-electron chi connectivity index (χ3n) is 2.13. The summed E-state index contributed by atoms with van der Waals surface area (Å²) in [7, 11) is 0. The van der Waals surface area contributed by atoms with Crippen molar-refractivity contribution in [2.75, 3.05) is 5.73 Å². The largest absolute Gasteiger partial charge is 0.436 e. The van der Waals surface area contributed by atoms with Gasteiger partial charge in [0.25, 0.3) is 5.88 Å². The van der Waals surface area contributed by atoms with Crippen molar-refractivity contribution in [3.05, 3.63) is 47.5 Å². The van der Waals surface area contributed by atoms with Crippen molar-refractivity contribution in [2.45, 2.75) is 6.92 Å². The van der Waals surface area contributed by atoms with Crippen LogP contribution in [0, 0.1) is 18.6 Å². The van der Waals surface area contributed by atoms with Crippen LogP contribution in [0.15, 0.2) is 30.3 Å². The van der Waals surface area contributed by atoms with Gasteiger partial charge in [-0.1, -0.05) is 12.1 Å². The topological polar surface area (TPSA) is 48.1 Å². The van der Waals surface area contributed by atoms with Gasteiger partial charge in [-0.2, -0.15) is 4.98 Å². The number of pyridine rings is 1. The maximum absolute atomic E-state index is 13.3. The molecule has 0 saturated heterocycles. The normalized spacial score (nSPS) is 10.3. The van der Waals surface area contributed by atoms with Crippen molar-refractivity contribution in [1.82, 2.24) is 4.98 Å². The summed E-state index contributed by atoms with van der Waals surface area (Å²) >= 11 is 0. The van der Waals surface area contributed by atoms with Crippen LogP contribution in [-0.4, -0.2) is 4.98 Å². The van der Waals surface area contributed by atoms with Gasteiger partial charge in [0.15, 0.2) is 17.5 Å². The van der Waals surface area contributed by atoms with Gasteiger partial charge in [0.05, 0.1) is 0 Å². The molecule has 0 amide bonds. The number of nitrogens with two attached hydrogens (primary N) is 1. The number of aryl methyl sites for hydroxylation is 1. The van der Waals surface area contributed by atoms with Crippen molar-refractivity contribution in [1.29, 1.82) is 0 Å². The molecule has 5 heteroatoms. The average molecular weight is 236 g/mol. The highest BCUT2D eigenvalue weighted by Gasteiger charge is 2.11. The van der Waals surface area contributed by atoms with E-state index in [1.54, 1.807) is 18.2 Å². The second kappa shape index (κ2) is 4.37. The molecule has 0 unspecified atom stereocenters. The van der Waals surface area contributed by atoms with Crippen molar-refractivity contribution in [2.24, 2.45) is 0 Å². The molecule has 2 aromatic rings. The van der Waals surface area contributed by atoms with Crippen LogP contribution in [-0.2, 0) is 0 Å². The number of halogens is 2. The first-order valence-corrected chi connectivity index (χ1v) is 4.92. The SMILES string of the molecule is Cc1cccc(Oc2nc(N)c(F)cc2F)c1. The van der Waals surface area contributed by atoms with Crippen molar-refractivity contribution < 1.29 is 13.5 Å². The van der Waals surface area contributed by atoms with Gasteiger partial charge in [-0.3, -0.25) is 0 Å². The van der Waals surface area contributed by atoms with Gasteiger partial charge in [-0.15, -0.1) is 0 Å². The third-order valence-corrected chi connectivity index (χ3v) is 2.13. The van der Waals surface area contributed by atoms with Crippen LogP contribution in [0.3, 0.4) is 0 Å². The number of aromatic nitrogens is 1. The molecule has 17 heavy (non-hydrogen) atoms. The van der Waals surface area contributed by atoms with E-state index in [0.29, 0.717) is 11.8 Å². The lowest BCUT2D eigenvalue weighted by Gasteiger charge is -2.07. The fourth-order valence-corrected chi connectivity index (χ4v) is 1.33. The Hall–Kier alpha value is -2.17. The van der Waals surface area contributed by atoms with Gasteiger partial charge < -0.3 is 10.5 Å². The van der Waals surface area contributed by atoms with E-state index in [9.17, 15) is 8.78 Å². The van der Waals surface area contributed by atoms with Crippen LogP contribution in [0.4, 0.5) is 14.6 Å². The number of nitrogens with zero attached hydrogens (tertiary/aromatic N) is 1. The predicted molar refractivity (Wildman–Crippen MR) is 59.8 cm³/mol. The Balaban J connectivity index is 2.33. The Bertz CT molecular complexity index is 558. The lowest BCUT2D eigenvalue weighted by molar-refractivity contribution is 0.418. The minimum atomic E-state index is -0.904. The average Bonchev–Trinajstić information content (AvgIpc) is 2.26. The fraction of sp³-hybridized carbons (Fsp3) is 0.0833. The van der Waals surface area contributed by atoms with E-state index in [-0.39, 0.29) is 5.88 Å². The zero-order valence-corrected chi connectivity index (χ0v) is 9.08. The Labute approximate surface area is 96.9 Å². The molecule has 0 aliphatic carbocycles. The highest BCUT2D eigenvalue weighted by atomic mass is 19.1. The van der Waals surface area contributed by atoms with Gasteiger partial charge >= 0.3 is 0 Å². The molecule has 1 aromatic heterocycles. The van der Waals surface area contributed by atoms with E-state index in [4.69, 9.17) is 10.5 Å². The first kappa shape index (κ1) is 11.3. The Morgan fingerprint density at radius 1 is 1.18 bits per heavy atom. The zero-order chi connectivity index (χ0) is 12.4.